The van der Waals surface area contributed by atoms with Gasteiger partial charge in [0, 0.05) is 11.8 Å². The third-order valence-electron chi connectivity index (χ3n) is 1.81. The fourth-order valence-corrected chi connectivity index (χ4v) is 1.77. The van der Waals surface area contributed by atoms with Crippen LogP contribution in [-0.2, 0) is 6.42 Å². The largest absolute Gasteiger partial charge is 0.294 e. The zero-order valence-electron chi connectivity index (χ0n) is 7.40. The van der Waals surface area contributed by atoms with Gasteiger partial charge in [0.1, 0.15) is 4.60 Å². The lowest BCUT2D eigenvalue weighted by molar-refractivity contribution is 0.101. The SMILES string of the molecule is CCc1c(C(C)=O)cnc(Br)c1Cl. The van der Waals surface area contributed by atoms with Crippen molar-refractivity contribution in [3.05, 3.63) is 26.9 Å². The van der Waals surface area contributed by atoms with Gasteiger partial charge in [0.05, 0.1) is 5.02 Å². The third-order valence-corrected chi connectivity index (χ3v) is 3.05. The van der Waals surface area contributed by atoms with E-state index in [-0.39, 0.29) is 5.78 Å². The summed E-state index contributed by atoms with van der Waals surface area (Å²) in [7, 11) is 0. The van der Waals surface area contributed by atoms with Crippen molar-refractivity contribution >= 4 is 33.3 Å². The molecule has 0 unspecified atom stereocenters. The van der Waals surface area contributed by atoms with Gasteiger partial charge < -0.3 is 0 Å². The molecule has 0 bridgehead atoms. The van der Waals surface area contributed by atoms with E-state index in [4.69, 9.17) is 11.6 Å². The Labute approximate surface area is 90.4 Å². The quantitative estimate of drug-likeness (QED) is 0.605. The second kappa shape index (κ2) is 4.20. The van der Waals surface area contributed by atoms with Crippen LogP contribution in [0.1, 0.15) is 29.8 Å². The van der Waals surface area contributed by atoms with Crippen molar-refractivity contribution in [3.8, 4) is 0 Å². The third kappa shape index (κ3) is 2.09. The molecule has 0 amide bonds. The maximum absolute atomic E-state index is 11.2. The van der Waals surface area contributed by atoms with Crippen molar-refractivity contribution in [2.45, 2.75) is 20.3 Å². The fourth-order valence-electron chi connectivity index (χ4n) is 1.15. The maximum atomic E-state index is 11.2. The zero-order valence-corrected chi connectivity index (χ0v) is 9.74. The standard InChI is InChI=1S/C9H9BrClNO/c1-3-6-7(5(2)13)4-12-9(10)8(6)11/h4H,3H2,1-2H3. The summed E-state index contributed by atoms with van der Waals surface area (Å²) in [6.45, 7) is 3.47. The molecule has 1 aromatic rings. The van der Waals surface area contributed by atoms with E-state index in [0.29, 0.717) is 15.2 Å². The predicted molar refractivity (Wildman–Crippen MR) is 56.3 cm³/mol. The summed E-state index contributed by atoms with van der Waals surface area (Å²) in [5, 5.41) is 0.537. The Morgan fingerprint density at radius 2 is 2.31 bits per heavy atom. The van der Waals surface area contributed by atoms with Gasteiger partial charge in [0.2, 0.25) is 0 Å². The highest BCUT2D eigenvalue weighted by molar-refractivity contribution is 9.10. The van der Waals surface area contributed by atoms with E-state index in [1.54, 1.807) is 6.20 Å². The highest BCUT2D eigenvalue weighted by Crippen LogP contribution is 2.27. The molecule has 0 saturated carbocycles. The Hall–Kier alpha value is -0.410. The molecule has 0 radical (unpaired) electrons. The van der Waals surface area contributed by atoms with E-state index in [9.17, 15) is 4.79 Å². The molecule has 13 heavy (non-hydrogen) atoms. The van der Waals surface area contributed by atoms with Gasteiger partial charge in [-0.3, -0.25) is 4.79 Å². The molecule has 0 fully saturated rings. The molecule has 1 rings (SSSR count). The highest BCUT2D eigenvalue weighted by Gasteiger charge is 2.12. The number of nitrogens with zero attached hydrogens (tertiary/aromatic N) is 1. The lowest BCUT2D eigenvalue weighted by Crippen LogP contribution is -2.01. The number of halogens is 2. The van der Waals surface area contributed by atoms with Crippen LogP contribution in [0.2, 0.25) is 5.02 Å². The van der Waals surface area contributed by atoms with Crippen LogP contribution in [0, 0.1) is 0 Å². The van der Waals surface area contributed by atoms with Gasteiger partial charge in [-0.05, 0) is 34.8 Å². The molecule has 0 aliphatic rings. The number of hydrogen-bond donors (Lipinski definition) is 0. The normalized spacial score (nSPS) is 10.2. The second-order valence-electron chi connectivity index (χ2n) is 2.66. The summed E-state index contributed by atoms with van der Waals surface area (Å²) in [4.78, 5) is 15.1. The minimum atomic E-state index is -0.00116. The second-order valence-corrected chi connectivity index (χ2v) is 3.79. The van der Waals surface area contributed by atoms with E-state index < -0.39 is 0 Å². The molecule has 0 aliphatic carbocycles. The number of hydrogen-bond acceptors (Lipinski definition) is 2. The number of rotatable bonds is 2. The number of Topliss-reactive ketones (excluding diaryl/α,β-unsaturated/α-hetero) is 1. The molecule has 0 aromatic carbocycles. The molecule has 1 heterocycles. The van der Waals surface area contributed by atoms with Crippen molar-refractivity contribution in [2.75, 3.05) is 0 Å². The van der Waals surface area contributed by atoms with Crippen molar-refractivity contribution in [1.29, 1.82) is 0 Å². The van der Waals surface area contributed by atoms with E-state index in [2.05, 4.69) is 20.9 Å². The summed E-state index contributed by atoms with van der Waals surface area (Å²) in [5.74, 6) is -0.00116. The van der Waals surface area contributed by atoms with E-state index in [1.807, 2.05) is 6.92 Å². The minimum Gasteiger partial charge on any atom is -0.294 e. The van der Waals surface area contributed by atoms with E-state index in [0.717, 1.165) is 12.0 Å². The van der Waals surface area contributed by atoms with Gasteiger partial charge in [-0.2, -0.15) is 0 Å². The van der Waals surface area contributed by atoms with Gasteiger partial charge in [0.25, 0.3) is 0 Å². The number of carbonyl (C=O) groups excluding carboxylic acids is 1. The lowest BCUT2D eigenvalue weighted by Gasteiger charge is -2.07. The summed E-state index contributed by atoms with van der Waals surface area (Å²) in [6, 6.07) is 0. The van der Waals surface area contributed by atoms with Crippen molar-refractivity contribution < 1.29 is 4.79 Å². The molecule has 1 aromatic heterocycles. The van der Waals surface area contributed by atoms with Gasteiger partial charge >= 0.3 is 0 Å². The van der Waals surface area contributed by atoms with Crippen LogP contribution < -0.4 is 0 Å². The molecular weight excluding hydrogens is 253 g/mol. The first-order chi connectivity index (χ1) is 6.07. The first-order valence-electron chi connectivity index (χ1n) is 3.91. The highest BCUT2D eigenvalue weighted by atomic mass is 79.9. The van der Waals surface area contributed by atoms with Crippen LogP contribution in [0.25, 0.3) is 0 Å². The molecule has 4 heteroatoms. The Bertz CT molecular complexity index is 352. The topological polar surface area (TPSA) is 30.0 Å². The molecule has 70 valence electrons. The van der Waals surface area contributed by atoms with Crippen molar-refractivity contribution in [2.24, 2.45) is 0 Å². The van der Waals surface area contributed by atoms with E-state index >= 15 is 0 Å². The first-order valence-corrected chi connectivity index (χ1v) is 5.08. The van der Waals surface area contributed by atoms with Crippen LogP contribution in [-0.4, -0.2) is 10.8 Å². The Balaban J connectivity index is 3.38. The van der Waals surface area contributed by atoms with Crippen LogP contribution in [0.5, 0.6) is 0 Å². The average molecular weight is 263 g/mol. The van der Waals surface area contributed by atoms with Crippen molar-refractivity contribution in [1.82, 2.24) is 4.98 Å². The Morgan fingerprint density at radius 1 is 1.69 bits per heavy atom. The smallest absolute Gasteiger partial charge is 0.161 e. The number of pyridine rings is 1. The summed E-state index contributed by atoms with van der Waals surface area (Å²) in [5.41, 5.74) is 1.46. The molecule has 0 saturated heterocycles. The zero-order chi connectivity index (χ0) is 10.0. The summed E-state index contributed by atoms with van der Waals surface area (Å²) in [6.07, 6.45) is 2.28. The van der Waals surface area contributed by atoms with Gasteiger partial charge in [-0.25, -0.2) is 4.98 Å². The number of ketones is 1. The minimum absolute atomic E-state index is 0.00116. The molecule has 0 aliphatic heterocycles. The average Bonchev–Trinajstić information content (AvgIpc) is 2.09. The molecule has 2 nitrogen and oxygen atoms in total. The van der Waals surface area contributed by atoms with Gasteiger partial charge in [0.15, 0.2) is 5.78 Å². The molecular formula is C9H9BrClNO. The van der Waals surface area contributed by atoms with Crippen molar-refractivity contribution in [3.63, 3.8) is 0 Å². The molecule has 0 N–H and O–H groups in total. The maximum Gasteiger partial charge on any atom is 0.161 e. The first kappa shape index (κ1) is 10.7. The lowest BCUT2D eigenvalue weighted by atomic mass is 10.1. The summed E-state index contributed by atoms with van der Waals surface area (Å²) >= 11 is 9.20. The Morgan fingerprint density at radius 3 is 2.77 bits per heavy atom. The molecule has 0 spiro atoms. The van der Waals surface area contributed by atoms with Gasteiger partial charge in [-0.1, -0.05) is 18.5 Å². The van der Waals surface area contributed by atoms with Crippen LogP contribution >= 0.6 is 27.5 Å². The Kier molecular flexibility index (Phi) is 3.45. The van der Waals surface area contributed by atoms with Crippen LogP contribution in [0.15, 0.2) is 10.8 Å². The number of aromatic nitrogens is 1. The predicted octanol–water partition coefficient (Wildman–Crippen LogP) is 3.26. The van der Waals surface area contributed by atoms with Crippen LogP contribution in [0.3, 0.4) is 0 Å². The monoisotopic (exact) mass is 261 g/mol. The molecule has 0 atom stereocenters. The number of carbonyl (C=O) groups is 1. The van der Waals surface area contributed by atoms with Crippen LogP contribution in [0.4, 0.5) is 0 Å². The summed E-state index contributed by atoms with van der Waals surface area (Å²) < 4.78 is 0.594. The van der Waals surface area contributed by atoms with E-state index in [1.165, 1.54) is 6.92 Å². The van der Waals surface area contributed by atoms with Gasteiger partial charge in [-0.15, -0.1) is 0 Å². The fraction of sp³-hybridized carbons (Fsp3) is 0.333.